The third-order valence-corrected chi connectivity index (χ3v) is 2.96. The Morgan fingerprint density at radius 1 is 1.50 bits per heavy atom. The van der Waals surface area contributed by atoms with Crippen molar-refractivity contribution in [1.82, 2.24) is 10.6 Å². The third kappa shape index (κ3) is 2.49. The molecule has 1 aliphatic carbocycles. The van der Waals surface area contributed by atoms with Crippen LogP contribution in [0.2, 0.25) is 0 Å². The van der Waals surface area contributed by atoms with Crippen LogP contribution in [-0.4, -0.2) is 23.9 Å². The van der Waals surface area contributed by atoms with Gasteiger partial charge in [0.15, 0.2) is 0 Å². The summed E-state index contributed by atoms with van der Waals surface area (Å²) < 4.78 is 0. The van der Waals surface area contributed by atoms with E-state index in [4.69, 9.17) is 11.6 Å². The minimum absolute atomic E-state index is 0.119. The van der Waals surface area contributed by atoms with Crippen molar-refractivity contribution in [2.75, 3.05) is 5.88 Å². The van der Waals surface area contributed by atoms with Gasteiger partial charge in [-0.2, -0.15) is 0 Å². The van der Waals surface area contributed by atoms with Crippen LogP contribution in [0.25, 0.3) is 0 Å². The standard InChI is InChI=1S/C10H16ClN3/c11-7-10-12-6-5-9(14-10)13-8-3-1-2-4-8/h5-6,8-9,13H,1-4,7H2,(H,12,14). The van der Waals surface area contributed by atoms with Gasteiger partial charge in [-0.25, -0.2) is 4.99 Å². The predicted octanol–water partition coefficient (Wildman–Crippen LogP) is 1.60. The fourth-order valence-corrected chi connectivity index (χ4v) is 2.13. The van der Waals surface area contributed by atoms with Crippen LogP contribution in [0.15, 0.2) is 17.3 Å². The number of halogens is 1. The zero-order valence-electron chi connectivity index (χ0n) is 8.17. The monoisotopic (exact) mass is 213 g/mol. The van der Waals surface area contributed by atoms with E-state index in [9.17, 15) is 0 Å². The Morgan fingerprint density at radius 2 is 2.29 bits per heavy atom. The van der Waals surface area contributed by atoms with Gasteiger partial charge in [-0.1, -0.05) is 12.8 Å². The van der Waals surface area contributed by atoms with E-state index < -0.39 is 0 Å². The fraction of sp³-hybridized carbons (Fsp3) is 0.700. The molecule has 1 fully saturated rings. The molecule has 0 spiro atoms. The molecule has 0 radical (unpaired) electrons. The second kappa shape index (κ2) is 4.80. The topological polar surface area (TPSA) is 36.4 Å². The number of amidine groups is 1. The fourth-order valence-electron chi connectivity index (χ4n) is 1.98. The van der Waals surface area contributed by atoms with Gasteiger partial charge in [-0.3, -0.25) is 5.32 Å². The second-order valence-electron chi connectivity index (χ2n) is 3.81. The highest BCUT2D eigenvalue weighted by atomic mass is 35.5. The lowest BCUT2D eigenvalue weighted by Crippen LogP contribution is -2.38. The molecule has 2 rings (SSSR count). The summed E-state index contributed by atoms with van der Waals surface area (Å²) in [6.07, 6.45) is 9.32. The predicted molar refractivity (Wildman–Crippen MR) is 59.6 cm³/mol. The van der Waals surface area contributed by atoms with Crippen molar-refractivity contribution in [3.8, 4) is 0 Å². The van der Waals surface area contributed by atoms with Gasteiger partial charge in [0.25, 0.3) is 0 Å². The Labute approximate surface area is 89.6 Å². The normalized spacial score (nSPS) is 27.5. The highest BCUT2D eigenvalue weighted by Gasteiger charge is 2.18. The third-order valence-electron chi connectivity index (χ3n) is 2.71. The van der Waals surface area contributed by atoms with Gasteiger partial charge in [0.2, 0.25) is 0 Å². The molecule has 0 amide bonds. The molecule has 1 atom stereocenters. The van der Waals surface area contributed by atoms with Crippen LogP contribution >= 0.6 is 11.6 Å². The van der Waals surface area contributed by atoms with Gasteiger partial charge in [0, 0.05) is 12.2 Å². The lowest BCUT2D eigenvalue weighted by atomic mass is 10.2. The van der Waals surface area contributed by atoms with Crippen molar-refractivity contribution >= 4 is 17.4 Å². The molecule has 1 aliphatic heterocycles. The number of aliphatic imine (C=N–C) groups is 1. The minimum Gasteiger partial charge on any atom is -0.350 e. The van der Waals surface area contributed by atoms with Gasteiger partial charge in [-0.15, -0.1) is 11.6 Å². The van der Waals surface area contributed by atoms with Crippen molar-refractivity contribution in [2.45, 2.75) is 37.9 Å². The number of nitrogens with one attached hydrogen (secondary N) is 2. The molecular formula is C10H16ClN3. The van der Waals surface area contributed by atoms with Gasteiger partial charge >= 0.3 is 0 Å². The molecule has 2 N–H and O–H groups in total. The van der Waals surface area contributed by atoms with Gasteiger partial charge in [-0.05, 0) is 18.9 Å². The van der Waals surface area contributed by atoms with Gasteiger partial charge in [0.05, 0.1) is 5.88 Å². The second-order valence-corrected chi connectivity index (χ2v) is 4.07. The van der Waals surface area contributed by atoms with Gasteiger partial charge < -0.3 is 5.32 Å². The van der Waals surface area contributed by atoms with Gasteiger partial charge in [0.1, 0.15) is 12.0 Å². The average molecular weight is 214 g/mol. The smallest absolute Gasteiger partial charge is 0.122 e. The summed E-state index contributed by atoms with van der Waals surface area (Å²) in [5.41, 5.74) is 0. The number of hydrogen-bond acceptors (Lipinski definition) is 3. The summed E-state index contributed by atoms with van der Waals surface area (Å²) in [5.74, 6) is 1.30. The van der Waals surface area contributed by atoms with Crippen LogP contribution in [0.5, 0.6) is 0 Å². The molecular weight excluding hydrogens is 198 g/mol. The number of hydrogen-bond donors (Lipinski definition) is 2. The summed E-state index contributed by atoms with van der Waals surface area (Å²) in [5, 5.41) is 6.53. The van der Waals surface area contributed by atoms with E-state index in [1.54, 1.807) is 0 Å². The zero-order valence-corrected chi connectivity index (χ0v) is 8.93. The van der Waals surface area contributed by atoms with Crippen LogP contribution in [0, 0.1) is 0 Å². The van der Waals surface area contributed by atoms with E-state index in [1.807, 2.05) is 12.3 Å². The van der Waals surface area contributed by atoms with Crippen LogP contribution in [-0.2, 0) is 0 Å². The number of nitrogens with zero attached hydrogens (tertiary/aromatic N) is 1. The highest BCUT2D eigenvalue weighted by Crippen LogP contribution is 2.18. The summed E-state index contributed by atoms with van der Waals surface area (Å²) in [6.45, 7) is 0. The van der Waals surface area contributed by atoms with E-state index in [1.165, 1.54) is 25.7 Å². The van der Waals surface area contributed by atoms with Crippen molar-refractivity contribution < 1.29 is 0 Å². The first-order valence-electron chi connectivity index (χ1n) is 5.20. The van der Waals surface area contributed by atoms with E-state index in [0.29, 0.717) is 11.9 Å². The largest absolute Gasteiger partial charge is 0.350 e. The summed E-state index contributed by atoms with van der Waals surface area (Å²) in [7, 11) is 0. The van der Waals surface area contributed by atoms with E-state index in [0.717, 1.165) is 5.84 Å². The lowest BCUT2D eigenvalue weighted by Gasteiger charge is -2.20. The van der Waals surface area contributed by atoms with E-state index in [-0.39, 0.29) is 6.17 Å². The quantitative estimate of drug-likeness (QED) is 0.699. The Bertz CT molecular complexity index is 244. The number of alkyl halides is 1. The first-order chi connectivity index (χ1) is 6.88. The molecule has 4 heteroatoms. The first-order valence-corrected chi connectivity index (χ1v) is 5.74. The SMILES string of the molecule is ClCC1=NC(NC2CCCC2)C=CN1. The molecule has 1 unspecified atom stereocenters. The molecule has 0 saturated heterocycles. The summed E-state index contributed by atoms with van der Waals surface area (Å²) in [6, 6.07) is 0.642. The molecule has 0 aromatic carbocycles. The Balaban J connectivity index is 1.87. The summed E-state index contributed by atoms with van der Waals surface area (Å²) in [4.78, 5) is 4.44. The van der Waals surface area contributed by atoms with E-state index >= 15 is 0 Å². The van der Waals surface area contributed by atoms with Crippen LogP contribution < -0.4 is 10.6 Å². The zero-order chi connectivity index (χ0) is 9.80. The molecule has 78 valence electrons. The first kappa shape index (κ1) is 9.99. The van der Waals surface area contributed by atoms with Crippen LogP contribution in [0.3, 0.4) is 0 Å². The molecule has 14 heavy (non-hydrogen) atoms. The van der Waals surface area contributed by atoms with Crippen LogP contribution in [0.1, 0.15) is 25.7 Å². The maximum absolute atomic E-state index is 5.71. The molecule has 0 aromatic heterocycles. The minimum atomic E-state index is 0.119. The Kier molecular flexibility index (Phi) is 3.43. The summed E-state index contributed by atoms with van der Waals surface area (Å²) >= 11 is 5.71. The Hall–Kier alpha value is -0.540. The van der Waals surface area contributed by atoms with Crippen molar-refractivity contribution in [2.24, 2.45) is 4.99 Å². The molecule has 3 nitrogen and oxygen atoms in total. The van der Waals surface area contributed by atoms with Crippen molar-refractivity contribution in [1.29, 1.82) is 0 Å². The molecule has 1 heterocycles. The molecule has 0 bridgehead atoms. The van der Waals surface area contributed by atoms with Crippen molar-refractivity contribution in [3.05, 3.63) is 12.3 Å². The van der Waals surface area contributed by atoms with E-state index in [2.05, 4.69) is 15.6 Å². The lowest BCUT2D eigenvalue weighted by molar-refractivity contribution is 0.482. The maximum Gasteiger partial charge on any atom is 0.122 e. The molecule has 1 saturated carbocycles. The highest BCUT2D eigenvalue weighted by molar-refractivity contribution is 6.28. The van der Waals surface area contributed by atoms with Crippen LogP contribution in [0.4, 0.5) is 0 Å². The molecule has 2 aliphatic rings. The average Bonchev–Trinajstić information content (AvgIpc) is 2.71. The van der Waals surface area contributed by atoms with Crippen molar-refractivity contribution in [3.63, 3.8) is 0 Å². The number of rotatable bonds is 3. The molecule has 0 aromatic rings. The Morgan fingerprint density at radius 3 is 3.00 bits per heavy atom. The maximum atomic E-state index is 5.71.